The van der Waals surface area contributed by atoms with Gasteiger partial charge in [-0.1, -0.05) is 6.07 Å². The second kappa shape index (κ2) is 7.28. The van der Waals surface area contributed by atoms with E-state index in [9.17, 15) is 10.4 Å². The van der Waals surface area contributed by atoms with Crippen LogP contribution >= 0.6 is 0 Å². The van der Waals surface area contributed by atoms with Crippen molar-refractivity contribution in [3.8, 4) is 6.07 Å². The summed E-state index contributed by atoms with van der Waals surface area (Å²) in [5.41, 5.74) is 2.79. The molecule has 1 saturated carbocycles. The summed E-state index contributed by atoms with van der Waals surface area (Å²) in [5.74, 6) is 0.640. The Hall–Kier alpha value is -2.65. The zero-order valence-electron chi connectivity index (χ0n) is 13.7. The average molecular weight is 323 g/mol. The van der Waals surface area contributed by atoms with Crippen molar-refractivity contribution in [2.24, 2.45) is 4.99 Å². The van der Waals surface area contributed by atoms with E-state index in [-0.39, 0.29) is 12.1 Å². The van der Waals surface area contributed by atoms with Crippen molar-refractivity contribution in [2.45, 2.75) is 44.8 Å². The Morgan fingerprint density at radius 3 is 2.79 bits per heavy atom. The van der Waals surface area contributed by atoms with Crippen LogP contribution in [0, 0.1) is 11.3 Å². The molecule has 0 saturated heterocycles. The number of nitrogens with zero attached hydrogens (tertiary/aromatic N) is 3. The first kappa shape index (κ1) is 16.2. The van der Waals surface area contributed by atoms with Gasteiger partial charge in [-0.25, -0.2) is 4.99 Å². The van der Waals surface area contributed by atoms with Gasteiger partial charge in [-0.15, -0.1) is 0 Å². The number of nitrogens with one attached hydrogen (secondary N) is 2. The molecule has 2 aliphatic rings. The molecule has 124 valence electrons. The highest BCUT2D eigenvalue weighted by atomic mass is 16.3. The minimum atomic E-state index is -0.194. The summed E-state index contributed by atoms with van der Waals surface area (Å²) in [6, 6.07) is 7.95. The lowest BCUT2D eigenvalue weighted by atomic mass is 9.94. The Morgan fingerprint density at radius 1 is 1.33 bits per heavy atom. The van der Waals surface area contributed by atoms with Crippen LogP contribution in [-0.4, -0.2) is 28.2 Å². The third kappa shape index (κ3) is 3.63. The van der Waals surface area contributed by atoms with Crippen LogP contribution in [-0.2, 0) is 0 Å². The van der Waals surface area contributed by atoms with Gasteiger partial charge < -0.3 is 15.7 Å². The van der Waals surface area contributed by atoms with Gasteiger partial charge in [0.25, 0.3) is 0 Å². The van der Waals surface area contributed by atoms with Crippen molar-refractivity contribution in [2.75, 3.05) is 0 Å². The lowest BCUT2D eigenvalue weighted by Crippen LogP contribution is -2.40. The number of hydrogen-bond acceptors (Lipinski definition) is 4. The molecule has 1 fully saturated rings. The maximum Gasteiger partial charge on any atom is 0.200 e. The van der Waals surface area contributed by atoms with Crippen LogP contribution in [0.5, 0.6) is 0 Å². The molecule has 1 aliphatic heterocycles. The summed E-state index contributed by atoms with van der Waals surface area (Å²) >= 11 is 0. The molecule has 0 spiro atoms. The molecule has 0 aromatic carbocycles. The van der Waals surface area contributed by atoms with E-state index in [1.54, 1.807) is 6.20 Å². The Kier molecular flexibility index (Phi) is 4.92. The maximum atomic E-state index is 9.60. The molecule has 3 rings (SSSR count). The number of nitriles is 1. The standard InChI is InChI=1S/C18H21N5O/c1-12-11-21-18(22-13-5-7-14(24)8-6-13)23-17(12)15(10-19)16-4-2-3-9-20-16/h2-4,9,11,13-14,24H,5-8H2,1H3,(H2,21,22,23)/b17-15+. The van der Waals surface area contributed by atoms with Crippen molar-refractivity contribution in [1.29, 1.82) is 5.26 Å². The number of rotatable bonds is 2. The molecule has 0 unspecified atom stereocenters. The molecular weight excluding hydrogens is 302 g/mol. The summed E-state index contributed by atoms with van der Waals surface area (Å²) in [6.45, 7) is 1.93. The zero-order chi connectivity index (χ0) is 16.9. The van der Waals surface area contributed by atoms with E-state index in [0.29, 0.717) is 17.2 Å². The molecule has 1 aromatic heterocycles. The predicted octanol–water partition coefficient (Wildman–Crippen LogP) is 2.07. The number of aliphatic hydroxyl groups is 1. The van der Waals surface area contributed by atoms with Crippen molar-refractivity contribution in [1.82, 2.24) is 15.6 Å². The van der Waals surface area contributed by atoms with Gasteiger partial charge in [0.2, 0.25) is 0 Å². The molecule has 6 nitrogen and oxygen atoms in total. The second-order valence-electron chi connectivity index (χ2n) is 6.11. The summed E-state index contributed by atoms with van der Waals surface area (Å²) in [6.07, 6.45) is 6.66. The second-order valence-corrected chi connectivity index (χ2v) is 6.11. The fourth-order valence-electron chi connectivity index (χ4n) is 2.95. The Morgan fingerprint density at radius 2 is 2.12 bits per heavy atom. The van der Waals surface area contributed by atoms with Crippen molar-refractivity contribution >= 4 is 11.5 Å². The van der Waals surface area contributed by atoms with E-state index in [1.165, 1.54) is 0 Å². The first-order valence-electron chi connectivity index (χ1n) is 8.19. The van der Waals surface area contributed by atoms with Gasteiger partial charge in [0.05, 0.1) is 23.5 Å². The van der Waals surface area contributed by atoms with Gasteiger partial charge in [0.15, 0.2) is 5.96 Å². The minimum Gasteiger partial charge on any atom is -0.393 e. The molecule has 0 radical (unpaired) electrons. The zero-order valence-corrected chi connectivity index (χ0v) is 13.7. The summed E-state index contributed by atoms with van der Waals surface area (Å²) in [7, 11) is 0. The number of hydrogen-bond donors (Lipinski definition) is 3. The molecule has 6 heteroatoms. The highest BCUT2D eigenvalue weighted by Crippen LogP contribution is 2.23. The SMILES string of the molecule is CC1=CNC(=NC2CCC(O)CC2)N/C1=C(\C#N)c1ccccn1. The van der Waals surface area contributed by atoms with Crippen molar-refractivity contribution < 1.29 is 5.11 Å². The molecule has 3 N–H and O–H groups in total. The molecule has 2 heterocycles. The number of pyridine rings is 1. The van der Waals surface area contributed by atoms with E-state index >= 15 is 0 Å². The Balaban J connectivity index is 1.87. The average Bonchev–Trinajstić information content (AvgIpc) is 2.61. The lowest BCUT2D eigenvalue weighted by Gasteiger charge is -2.26. The highest BCUT2D eigenvalue weighted by molar-refractivity contribution is 5.90. The van der Waals surface area contributed by atoms with Crippen LogP contribution in [0.3, 0.4) is 0 Å². The monoisotopic (exact) mass is 323 g/mol. The quantitative estimate of drug-likeness (QED) is 0.725. The molecular formula is C18H21N5O. The van der Waals surface area contributed by atoms with E-state index in [4.69, 9.17) is 4.99 Å². The normalized spacial score (nSPS) is 27.5. The largest absolute Gasteiger partial charge is 0.393 e. The lowest BCUT2D eigenvalue weighted by molar-refractivity contribution is 0.123. The van der Waals surface area contributed by atoms with Gasteiger partial charge >= 0.3 is 0 Å². The van der Waals surface area contributed by atoms with Gasteiger partial charge in [-0.2, -0.15) is 5.26 Å². The molecule has 1 aliphatic carbocycles. The van der Waals surface area contributed by atoms with Gasteiger partial charge in [0, 0.05) is 12.4 Å². The van der Waals surface area contributed by atoms with E-state index in [2.05, 4.69) is 21.7 Å². The fraction of sp³-hybridized carbons (Fsp3) is 0.389. The predicted molar refractivity (Wildman–Crippen MR) is 92.5 cm³/mol. The molecule has 0 atom stereocenters. The maximum absolute atomic E-state index is 9.60. The molecule has 24 heavy (non-hydrogen) atoms. The summed E-state index contributed by atoms with van der Waals surface area (Å²) in [5, 5.41) is 25.6. The smallest absolute Gasteiger partial charge is 0.200 e. The Labute approximate surface area is 141 Å². The molecule has 1 aromatic rings. The molecule has 0 bridgehead atoms. The number of aromatic nitrogens is 1. The highest BCUT2D eigenvalue weighted by Gasteiger charge is 2.21. The van der Waals surface area contributed by atoms with E-state index in [1.807, 2.05) is 31.3 Å². The Bertz CT molecular complexity index is 722. The third-order valence-corrected chi connectivity index (χ3v) is 4.32. The van der Waals surface area contributed by atoms with Gasteiger partial charge in [-0.3, -0.25) is 4.98 Å². The van der Waals surface area contributed by atoms with Crippen LogP contribution in [0.1, 0.15) is 38.3 Å². The number of guanidine groups is 1. The number of allylic oxidation sites excluding steroid dienone is 2. The first-order chi connectivity index (χ1) is 11.7. The van der Waals surface area contributed by atoms with E-state index in [0.717, 1.165) is 37.0 Å². The van der Waals surface area contributed by atoms with Gasteiger partial charge in [0.1, 0.15) is 11.6 Å². The topological polar surface area (TPSA) is 93.3 Å². The first-order valence-corrected chi connectivity index (χ1v) is 8.19. The van der Waals surface area contributed by atoms with Crippen LogP contribution in [0.25, 0.3) is 5.57 Å². The van der Waals surface area contributed by atoms with Gasteiger partial charge in [-0.05, 0) is 50.3 Å². The van der Waals surface area contributed by atoms with Crippen molar-refractivity contribution in [3.05, 3.63) is 47.6 Å². The van der Waals surface area contributed by atoms with Crippen LogP contribution in [0.15, 0.2) is 46.9 Å². The van der Waals surface area contributed by atoms with Crippen molar-refractivity contribution in [3.63, 3.8) is 0 Å². The third-order valence-electron chi connectivity index (χ3n) is 4.32. The molecule has 0 amide bonds. The summed E-state index contributed by atoms with van der Waals surface area (Å²) < 4.78 is 0. The fourth-order valence-corrected chi connectivity index (χ4v) is 2.95. The van der Waals surface area contributed by atoms with Crippen LogP contribution in [0.2, 0.25) is 0 Å². The summed E-state index contributed by atoms with van der Waals surface area (Å²) in [4.78, 5) is 8.97. The van der Waals surface area contributed by atoms with Crippen LogP contribution in [0.4, 0.5) is 0 Å². The van der Waals surface area contributed by atoms with E-state index < -0.39 is 0 Å². The van der Waals surface area contributed by atoms with Crippen LogP contribution < -0.4 is 10.6 Å². The number of aliphatic hydroxyl groups excluding tert-OH is 1. The number of aliphatic imine (C=N–C) groups is 1. The minimum absolute atomic E-state index is 0.192.